The number of pyridine rings is 1. The van der Waals surface area contributed by atoms with Gasteiger partial charge in [-0.25, -0.2) is 9.37 Å². The lowest BCUT2D eigenvalue weighted by atomic mass is 9.89. The van der Waals surface area contributed by atoms with E-state index in [4.69, 9.17) is 4.98 Å². The second-order valence-corrected chi connectivity index (χ2v) is 7.63. The van der Waals surface area contributed by atoms with Gasteiger partial charge < -0.3 is 0 Å². The molecule has 0 spiro atoms. The highest BCUT2D eigenvalue weighted by atomic mass is 19.1. The predicted molar refractivity (Wildman–Crippen MR) is 114 cm³/mol. The lowest BCUT2D eigenvalue weighted by Gasteiger charge is -2.31. The van der Waals surface area contributed by atoms with E-state index in [2.05, 4.69) is 48.2 Å². The van der Waals surface area contributed by atoms with Crippen molar-refractivity contribution < 1.29 is 4.39 Å². The SMILES string of the molecule is CCCN1CCc2c(c(-c3cccc(F)c3)nc3ccc4ccccc4c23)C1. The minimum Gasteiger partial charge on any atom is -0.299 e. The first-order valence-corrected chi connectivity index (χ1v) is 10.1. The topological polar surface area (TPSA) is 16.1 Å². The van der Waals surface area contributed by atoms with Gasteiger partial charge in [-0.1, -0.05) is 49.4 Å². The molecule has 3 aromatic carbocycles. The lowest BCUT2D eigenvalue weighted by molar-refractivity contribution is 0.255. The van der Waals surface area contributed by atoms with Crippen LogP contribution in [0.2, 0.25) is 0 Å². The van der Waals surface area contributed by atoms with Crippen LogP contribution in [-0.4, -0.2) is 23.0 Å². The van der Waals surface area contributed by atoms with Crippen LogP contribution >= 0.6 is 0 Å². The van der Waals surface area contributed by atoms with Crippen LogP contribution in [0.4, 0.5) is 4.39 Å². The molecule has 0 bridgehead atoms. The lowest BCUT2D eigenvalue weighted by Crippen LogP contribution is -2.32. The Hall–Kier alpha value is -2.78. The molecule has 0 saturated heterocycles. The first-order valence-electron chi connectivity index (χ1n) is 10.1. The monoisotopic (exact) mass is 370 g/mol. The van der Waals surface area contributed by atoms with E-state index in [1.54, 1.807) is 12.1 Å². The molecular formula is C25H23FN2. The number of halogens is 1. The molecule has 2 heterocycles. The van der Waals surface area contributed by atoms with Crippen molar-refractivity contribution in [1.82, 2.24) is 9.88 Å². The summed E-state index contributed by atoms with van der Waals surface area (Å²) in [7, 11) is 0. The maximum atomic E-state index is 14.0. The molecule has 1 aliphatic heterocycles. The third-order valence-corrected chi connectivity index (χ3v) is 5.79. The minimum atomic E-state index is -0.215. The number of fused-ring (bicyclic) bond motifs is 5. The van der Waals surface area contributed by atoms with E-state index in [1.807, 2.05) is 6.07 Å². The predicted octanol–water partition coefficient (Wildman–Crippen LogP) is 5.96. The van der Waals surface area contributed by atoms with Crippen molar-refractivity contribution in [2.75, 3.05) is 13.1 Å². The van der Waals surface area contributed by atoms with Crippen molar-refractivity contribution in [3.05, 3.63) is 77.6 Å². The van der Waals surface area contributed by atoms with Crippen molar-refractivity contribution >= 4 is 21.7 Å². The summed E-state index contributed by atoms with van der Waals surface area (Å²) >= 11 is 0. The fraction of sp³-hybridized carbons (Fsp3) is 0.240. The number of aromatic nitrogens is 1. The van der Waals surface area contributed by atoms with Gasteiger partial charge in [-0.2, -0.15) is 0 Å². The quantitative estimate of drug-likeness (QED) is 0.414. The van der Waals surface area contributed by atoms with Gasteiger partial charge in [-0.15, -0.1) is 0 Å². The fourth-order valence-corrected chi connectivity index (χ4v) is 4.55. The van der Waals surface area contributed by atoms with Gasteiger partial charge in [-0.3, -0.25) is 4.90 Å². The Balaban J connectivity index is 1.83. The highest BCUT2D eigenvalue weighted by Crippen LogP contribution is 2.37. The molecule has 28 heavy (non-hydrogen) atoms. The maximum absolute atomic E-state index is 14.0. The average Bonchev–Trinajstić information content (AvgIpc) is 2.73. The Morgan fingerprint density at radius 1 is 1.00 bits per heavy atom. The first-order chi connectivity index (χ1) is 13.7. The molecule has 0 amide bonds. The van der Waals surface area contributed by atoms with Crippen LogP contribution in [0.3, 0.4) is 0 Å². The van der Waals surface area contributed by atoms with Crippen molar-refractivity contribution in [2.24, 2.45) is 0 Å². The summed E-state index contributed by atoms with van der Waals surface area (Å²) in [6, 6.07) is 19.6. The molecule has 0 atom stereocenters. The molecule has 3 heteroatoms. The Bertz CT molecular complexity index is 1180. The Morgan fingerprint density at radius 2 is 1.89 bits per heavy atom. The number of rotatable bonds is 3. The molecule has 0 aliphatic carbocycles. The zero-order valence-corrected chi connectivity index (χ0v) is 16.1. The Kier molecular flexibility index (Phi) is 4.33. The van der Waals surface area contributed by atoms with Crippen molar-refractivity contribution in [3.63, 3.8) is 0 Å². The van der Waals surface area contributed by atoms with Gasteiger partial charge in [0, 0.05) is 24.0 Å². The van der Waals surface area contributed by atoms with E-state index < -0.39 is 0 Å². The van der Waals surface area contributed by atoms with Crippen LogP contribution < -0.4 is 0 Å². The molecule has 4 aromatic rings. The number of benzene rings is 3. The van der Waals surface area contributed by atoms with Gasteiger partial charge in [0.2, 0.25) is 0 Å². The van der Waals surface area contributed by atoms with Crippen LogP contribution in [0.15, 0.2) is 60.7 Å². The highest BCUT2D eigenvalue weighted by molar-refractivity contribution is 6.09. The van der Waals surface area contributed by atoms with Gasteiger partial charge in [-0.05, 0) is 59.5 Å². The summed E-state index contributed by atoms with van der Waals surface area (Å²) in [5.41, 5.74) is 5.44. The van der Waals surface area contributed by atoms with Crippen molar-refractivity contribution in [3.8, 4) is 11.3 Å². The zero-order valence-electron chi connectivity index (χ0n) is 16.1. The zero-order chi connectivity index (χ0) is 19.1. The molecular weight excluding hydrogens is 347 g/mol. The van der Waals surface area contributed by atoms with Crippen molar-refractivity contribution in [1.29, 1.82) is 0 Å². The third-order valence-electron chi connectivity index (χ3n) is 5.79. The number of hydrogen-bond donors (Lipinski definition) is 0. The summed E-state index contributed by atoms with van der Waals surface area (Å²) in [6.07, 6.45) is 2.14. The van der Waals surface area contributed by atoms with Crippen LogP contribution in [0.5, 0.6) is 0 Å². The molecule has 0 radical (unpaired) electrons. The van der Waals surface area contributed by atoms with Gasteiger partial charge in [0.15, 0.2) is 0 Å². The Labute approximate surface area is 164 Å². The summed E-state index contributed by atoms with van der Waals surface area (Å²) in [5.74, 6) is -0.215. The standard InChI is InChI=1S/C25H23FN2/c1-2-13-28-14-12-21-22(16-28)25(18-7-5-8-19(26)15-18)27-23-11-10-17-6-3-4-9-20(17)24(21)23/h3-11,15H,2,12-14,16H2,1H3. The fourth-order valence-electron chi connectivity index (χ4n) is 4.55. The van der Waals surface area contributed by atoms with Gasteiger partial charge >= 0.3 is 0 Å². The molecule has 1 aromatic heterocycles. The van der Waals surface area contributed by atoms with E-state index in [-0.39, 0.29) is 5.82 Å². The molecule has 0 unspecified atom stereocenters. The molecule has 0 fully saturated rings. The Morgan fingerprint density at radius 3 is 2.75 bits per heavy atom. The largest absolute Gasteiger partial charge is 0.299 e. The minimum absolute atomic E-state index is 0.215. The van der Waals surface area contributed by atoms with Crippen LogP contribution in [0, 0.1) is 5.82 Å². The van der Waals surface area contributed by atoms with Crippen LogP contribution in [-0.2, 0) is 13.0 Å². The van der Waals surface area contributed by atoms with Gasteiger partial charge in [0.25, 0.3) is 0 Å². The summed E-state index contributed by atoms with van der Waals surface area (Å²) in [4.78, 5) is 7.54. The van der Waals surface area contributed by atoms with E-state index in [0.717, 1.165) is 49.2 Å². The van der Waals surface area contributed by atoms with Crippen LogP contribution in [0.1, 0.15) is 24.5 Å². The van der Waals surface area contributed by atoms with E-state index in [0.29, 0.717) is 0 Å². The normalized spacial score (nSPS) is 14.5. The average molecular weight is 370 g/mol. The number of nitrogens with zero attached hydrogens (tertiary/aromatic N) is 2. The molecule has 5 rings (SSSR count). The van der Waals surface area contributed by atoms with E-state index in [1.165, 1.54) is 33.4 Å². The molecule has 0 N–H and O–H groups in total. The second kappa shape index (κ2) is 6.99. The van der Waals surface area contributed by atoms with Gasteiger partial charge in [0.1, 0.15) is 5.82 Å². The molecule has 0 saturated carbocycles. The van der Waals surface area contributed by atoms with Crippen molar-refractivity contribution in [2.45, 2.75) is 26.3 Å². The third kappa shape index (κ3) is 2.87. The molecule has 1 aliphatic rings. The highest BCUT2D eigenvalue weighted by Gasteiger charge is 2.24. The maximum Gasteiger partial charge on any atom is 0.123 e. The first kappa shape index (κ1) is 17.3. The smallest absolute Gasteiger partial charge is 0.123 e. The van der Waals surface area contributed by atoms with E-state index >= 15 is 0 Å². The van der Waals surface area contributed by atoms with E-state index in [9.17, 15) is 4.39 Å². The summed E-state index contributed by atoms with van der Waals surface area (Å²) < 4.78 is 14.0. The molecule has 2 nitrogen and oxygen atoms in total. The molecule has 140 valence electrons. The number of hydrogen-bond acceptors (Lipinski definition) is 2. The second-order valence-electron chi connectivity index (χ2n) is 7.63. The van der Waals surface area contributed by atoms with Gasteiger partial charge in [0.05, 0.1) is 11.2 Å². The summed E-state index contributed by atoms with van der Waals surface area (Å²) in [5, 5.41) is 3.77. The van der Waals surface area contributed by atoms with Crippen LogP contribution in [0.25, 0.3) is 32.9 Å². The summed E-state index contributed by atoms with van der Waals surface area (Å²) in [6.45, 7) is 5.23.